The lowest BCUT2D eigenvalue weighted by Gasteiger charge is -2.09. The van der Waals surface area contributed by atoms with Crippen molar-refractivity contribution in [3.8, 4) is 0 Å². The summed E-state index contributed by atoms with van der Waals surface area (Å²) in [5.74, 6) is -0.502. The first kappa shape index (κ1) is 10.8. The van der Waals surface area contributed by atoms with Crippen molar-refractivity contribution in [1.82, 2.24) is 4.90 Å². The molecule has 0 aromatic heterocycles. The van der Waals surface area contributed by atoms with Gasteiger partial charge in [-0.2, -0.15) is 0 Å². The molecule has 0 saturated carbocycles. The summed E-state index contributed by atoms with van der Waals surface area (Å²) >= 11 is 0. The molecule has 84 valence electrons. The fourth-order valence-corrected chi connectivity index (χ4v) is 1.95. The van der Waals surface area contributed by atoms with Crippen LogP contribution in [-0.2, 0) is 4.79 Å². The molecule has 1 aromatic rings. The highest BCUT2D eigenvalue weighted by Crippen LogP contribution is 2.19. The fourth-order valence-electron chi connectivity index (χ4n) is 1.95. The van der Waals surface area contributed by atoms with Crippen molar-refractivity contribution in [2.24, 2.45) is 5.92 Å². The molecule has 2 rings (SSSR count). The predicted molar refractivity (Wildman–Crippen MR) is 56.5 cm³/mol. The Balaban J connectivity index is 2.08. The number of amides is 1. The van der Waals surface area contributed by atoms with E-state index in [0.29, 0.717) is 25.1 Å². The zero-order valence-corrected chi connectivity index (χ0v) is 8.73. The minimum Gasteiger partial charge on any atom is -0.345 e. The molecule has 1 aromatic carbocycles. The van der Waals surface area contributed by atoms with Gasteiger partial charge in [-0.1, -0.05) is 0 Å². The molecule has 1 fully saturated rings. The van der Waals surface area contributed by atoms with Crippen LogP contribution in [0.3, 0.4) is 0 Å². The Morgan fingerprint density at radius 2 is 2.06 bits per heavy atom. The van der Waals surface area contributed by atoms with E-state index in [1.165, 1.54) is 24.3 Å². The van der Waals surface area contributed by atoms with Crippen LogP contribution in [0, 0.1) is 11.7 Å². The van der Waals surface area contributed by atoms with Gasteiger partial charge in [0.2, 0.25) is 6.41 Å². The number of rotatable bonds is 3. The smallest absolute Gasteiger partial charge is 0.209 e. The van der Waals surface area contributed by atoms with Gasteiger partial charge in [0.15, 0.2) is 5.78 Å². The van der Waals surface area contributed by atoms with E-state index >= 15 is 0 Å². The summed E-state index contributed by atoms with van der Waals surface area (Å²) in [7, 11) is 0. The molecule has 1 atom stereocenters. The molecule has 1 aliphatic rings. The van der Waals surface area contributed by atoms with Gasteiger partial charge in [-0.3, -0.25) is 9.59 Å². The van der Waals surface area contributed by atoms with Crippen molar-refractivity contribution in [3.05, 3.63) is 35.6 Å². The van der Waals surface area contributed by atoms with E-state index in [9.17, 15) is 14.0 Å². The molecule has 4 heteroatoms. The van der Waals surface area contributed by atoms with Crippen LogP contribution >= 0.6 is 0 Å². The number of carbonyl (C=O) groups is 2. The Labute approximate surface area is 92.9 Å². The molecule has 16 heavy (non-hydrogen) atoms. The minimum absolute atomic E-state index is 0.00986. The normalized spacial score (nSPS) is 19.8. The van der Waals surface area contributed by atoms with Gasteiger partial charge in [0, 0.05) is 24.6 Å². The standard InChI is InChI=1S/C12H12FNO2/c13-11-3-1-9(2-4-11)12(16)10-5-6-14(7-10)8-15/h1-4,8,10H,5-7H2. The minimum atomic E-state index is -0.350. The van der Waals surface area contributed by atoms with Gasteiger partial charge in [0.05, 0.1) is 0 Å². The van der Waals surface area contributed by atoms with E-state index in [0.717, 1.165) is 6.41 Å². The molecule has 0 radical (unpaired) electrons. The van der Waals surface area contributed by atoms with Gasteiger partial charge in [0.25, 0.3) is 0 Å². The SMILES string of the molecule is O=CN1CCC(C(=O)c2ccc(F)cc2)C1. The lowest BCUT2D eigenvalue weighted by molar-refractivity contribution is -0.117. The quantitative estimate of drug-likeness (QED) is 0.572. The fraction of sp³-hybridized carbons (Fsp3) is 0.333. The average Bonchev–Trinajstić information content (AvgIpc) is 2.77. The maximum atomic E-state index is 12.7. The van der Waals surface area contributed by atoms with Gasteiger partial charge in [0.1, 0.15) is 5.82 Å². The second-order valence-electron chi connectivity index (χ2n) is 3.96. The van der Waals surface area contributed by atoms with E-state index in [-0.39, 0.29) is 17.5 Å². The van der Waals surface area contributed by atoms with Crippen molar-refractivity contribution in [1.29, 1.82) is 0 Å². The lowest BCUT2D eigenvalue weighted by atomic mass is 9.97. The maximum Gasteiger partial charge on any atom is 0.209 e. The first-order chi connectivity index (χ1) is 7.70. The number of halogens is 1. The molecule has 3 nitrogen and oxygen atoms in total. The van der Waals surface area contributed by atoms with Gasteiger partial charge in [-0.15, -0.1) is 0 Å². The zero-order valence-electron chi connectivity index (χ0n) is 8.73. The molecule has 0 spiro atoms. The van der Waals surface area contributed by atoms with E-state index in [1.54, 1.807) is 4.90 Å². The monoisotopic (exact) mass is 221 g/mol. The summed E-state index contributed by atoms with van der Waals surface area (Å²) in [5, 5.41) is 0. The highest BCUT2D eigenvalue weighted by molar-refractivity contribution is 5.98. The Kier molecular flexibility index (Phi) is 2.99. The van der Waals surface area contributed by atoms with Crippen LogP contribution in [0.25, 0.3) is 0 Å². The van der Waals surface area contributed by atoms with Crippen LogP contribution in [0.5, 0.6) is 0 Å². The van der Waals surface area contributed by atoms with Gasteiger partial charge >= 0.3 is 0 Å². The maximum absolute atomic E-state index is 12.7. The second kappa shape index (κ2) is 4.43. The number of hydrogen-bond acceptors (Lipinski definition) is 2. The van der Waals surface area contributed by atoms with Crippen LogP contribution in [0.2, 0.25) is 0 Å². The number of likely N-dealkylation sites (tertiary alicyclic amines) is 1. The molecule has 0 bridgehead atoms. The molecular formula is C12H12FNO2. The van der Waals surface area contributed by atoms with E-state index in [2.05, 4.69) is 0 Å². The third kappa shape index (κ3) is 2.10. The Hall–Kier alpha value is -1.71. The predicted octanol–water partition coefficient (Wildman–Crippen LogP) is 1.49. The molecule has 0 aliphatic carbocycles. The number of carbonyl (C=O) groups excluding carboxylic acids is 2. The number of ketones is 1. The zero-order chi connectivity index (χ0) is 11.5. The van der Waals surface area contributed by atoms with Crippen LogP contribution in [0.1, 0.15) is 16.8 Å². The topological polar surface area (TPSA) is 37.4 Å². The Morgan fingerprint density at radius 1 is 1.38 bits per heavy atom. The average molecular weight is 221 g/mol. The molecule has 1 aliphatic heterocycles. The third-order valence-electron chi connectivity index (χ3n) is 2.87. The molecular weight excluding hydrogens is 209 g/mol. The van der Waals surface area contributed by atoms with Crippen molar-refractivity contribution < 1.29 is 14.0 Å². The second-order valence-corrected chi connectivity index (χ2v) is 3.96. The van der Waals surface area contributed by atoms with E-state index in [1.807, 2.05) is 0 Å². The summed E-state index contributed by atoms with van der Waals surface area (Å²) in [6.45, 7) is 1.10. The van der Waals surface area contributed by atoms with Gasteiger partial charge in [-0.25, -0.2) is 4.39 Å². The van der Waals surface area contributed by atoms with Crippen molar-refractivity contribution in [2.45, 2.75) is 6.42 Å². The van der Waals surface area contributed by atoms with Gasteiger partial charge in [-0.05, 0) is 30.7 Å². The van der Waals surface area contributed by atoms with Crippen LogP contribution in [0.4, 0.5) is 4.39 Å². The summed E-state index contributed by atoms with van der Waals surface area (Å²) in [6, 6.07) is 5.53. The largest absolute Gasteiger partial charge is 0.345 e. The third-order valence-corrected chi connectivity index (χ3v) is 2.87. The van der Waals surface area contributed by atoms with Crippen molar-refractivity contribution >= 4 is 12.2 Å². The summed E-state index contributed by atoms with van der Waals surface area (Å²) < 4.78 is 12.7. The number of benzene rings is 1. The summed E-state index contributed by atoms with van der Waals surface area (Å²) in [4.78, 5) is 24.1. The van der Waals surface area contributed by atoms with E-state index in [4.69, 9.17) is 0 Å². The van der Waals surface area contributed by atoms with Crippen molar-refractivity contribution in [3.63, 3.8) is 0 Å². The van der Waals surface area contributed by atoms with Crippen LogP contribution < -0.4 is 0 Å². The van der Waals surface area contributed by atoms with Gasteiger partial charge < -0.3 is 4.90 Å². The Morgan fingerprint density at radius 3 is 2.62 bits per heavy atom. The number of Topliss-reactive ketones (excluding diaryl/α,β-unsaturated/α-hetero) is 1. The molecule has 0 N–H and O–H groups in total. The summed E-state index contributed by atoms with van der Waals surface area (Å²) in [5.41, 5.74) is 0.513. The first-order valence-electron chi connectivity index (χ1n) is 5.20. The van der Waals surface area contributed by atoms with Crippen molar-refractivity contribution in [2.75, 3.05) is 13.1 Å². The number of nitrogens with zero attached hydrogens (tertiary/aromatic N) is 1. The molecule has 1 amide bonds. The molecule has 1 heterocycles. The lowest BCUT2D eigenvalue weighted by Crippen LogP contribution is -2.21. The van der Waals surface area contributed by atoms with Crippen LogP contribution in [-0.4, -0.2) is 30.2 Å². The summed E-state index contributed by atoms with van der Waals surface area (Å²) in [6.07, 6.45) is 1.45. The van der Waals surface area contributed by atoms with E-state index < -0.39 is 0 Å². The highest BCUT2D eigenvalue weighted by atomic mass is 19.1. The van der Waals surface area contributed by atoms with Crippen LogP contribution in [0.15, 0.2) is 24.3 Å². The molecule has 1 unspecified atom stereocenters. The first-order valence-corrected chi connectivity index (χ1v) is 5.20. The Bertz CT molecular complexity index is 402. The highest BCUT2D eigenvalue weighted by Gasteiger charge is 2.27. The number of hydrogen-bond donors (Lipinski definition) is 0. The molecule has 1 saturated heterocycles.